The van der Waals surface area contributed by atoms with Crippen LogP contribution in [0.3, 0.4) is 0 Å². The highest BCUT2D eigenvalue weighted by atomic mass is 35.5. The summed E-state index contributed by atoms with van der Waals surface area (Å²) in [7, 11) is 0. The Kier molecular flexibility index (Phi) is 15.7. The van der Waals surface area contributed by atoms with Crippen LogP contribution in [0.25, 0.3) is 5.57 Å². The van der Waals surface area contributed by atoms with Crippen LogP contribution in [0.1, 0.15) is 99.8 Å². The molecule has 5 N–H and O–H groups in total. The molecule has 21 heteroatoms. The summed E-state index contributed by atoms with van der Waals surface area (Å²) in [6.07, 6.45) is 10.2. The van der Waals surface area contributed by atoms with Crippen molar-refractivity contribution >= 4 is 76.5 Å². The number of hydrogen-bond donors (Lipinski definition) is 4. The van der Waals surface area contributed by atoms with E-state index < -0.39 is 35.5 Å². The minimum atomic E-state index is -0.726. The van der Waals surface area contributed by atoms with E-state index in [4.69, 9.17) is 15.5 Å². The molecular formula is C56H60ClF2N11O6S. The van der Waals surface area contributed by atoms with E-state index in [1.54, 1.807) is 54.9 Å². The number of nitrogens with two attached hydrogens (primary N) is 1. The quantitative estimate of drug-likeness (QED) is 0.0753. The van der Waals surface area contributed by atoms with Crippen LogP contribution in [0, 0.1) is 17.2 Å². The number of carbonyl (C=O) groups excluding carboxylic acids is 5. The minimum absolute atomic E-state index is 0. The van der Waals surface area contributed by atoms with E-state index in [2.05, 4.69) is 35.7 Å². The zero-order chi connectivity index (χ0) is 52.7. The van der Waals surface area contributed by atoms with Gasteiger partial charge in [-0.2, -0.15) is 4.39 Å². The highest BCUT2D eigenvalue weighted by Gasteiger charge is 2.48. The molecule has 11 rings (SSSR count). The first-order chi connectivity index (χ1) is 36.8. The number of halogens is 3. The largest absolute Gasteiger partial charge is 0.376 e. The van der Waals surface area contributed by atoms with Crippen LogP contribution in [-0.2, 0) is 27.4 Å². The Morgan fingerprint density at radius 1 is 0.883 bits per heavy atom. The molecule has 402 valence electrons. The highest BCUT2D eigenvalue weighted by Crippen LogP contribution is 2.42. The maximum atomic E-state index is 15.7. The SMILES string of the molecule is C[C@@H]1OCC2(CCN(c3cnc(Sc4cccc(NC(=O)c5ccc(N6CCC(N7CC=C(c8ccc(C(=O)NCc9ccc%10c(c9)CN(C9CCC(=O)NC9=O)C%10=O)nc8F)CC7)CC6)c(F)c5)c4)cn3)CC2)[C@@H]1N.Cl. The van der Waals surface area contributed by atoms with Crippen LogP contribution in [0.5, 0.6) is 0 Å². The normalized spacial score (nSPS) is 21.6. The summed E-state index contributed by atoms with van der Waals surface area (Å²) in [4.78, 5) is 85.9. The molecule has 6 aliphatic heterocycles. The molecule has 0 radical (unpaired) electrons. The lowest BCUT2D eigenvalue weighted by molar-refractivity contribution is -0.136. The summed E-state index contributed by atoms with van der Waals surface area (Å²) < 4.78 is 37.1. The van der Waals surface area contributed by atoms with Crippen LogP contribution in [-0.4, -0.2) is 124 Å². The van der Waals surface area contributed by atoms with E-state index >= 15 is 8.78 Å². The monoisotopic (exact) mass is 1090 g/mol. The van der Waals surface area contributed by atoms with Gasteiger partial charge in [0.2, 0.25) is 17.8 Å². The fourth-order valence-corrected chi connectivity index (χ4v) is 12.4. The van der Waals surface area contributed by atoms with E-state index in [-0.39, 0.29) is 85.0 Å². The van der Waals surface area contributed by atoms with Gasteiger partial charge in [0.15, 0.2) is 0 Å². The fourth-order valence-electron chi connectivity index (χ4n) is 11.6. The Bertz CT molecular complexity index is 3140. The van der Waals surface area contributed by atoms with Crippen molar-refractivity contribution in [2.45, 2.75) is 99.1 Å². The van der Waals surface area contributed by atoms with Gasteiger partial charge in [-0.1, -0.05) is 36.0 Å². The molecule has 0 bridgehead atoms. The molecule has 5 amide bonds. The second-order valence-electron chi connectivity index (χ2n) is 20.7. The second-order valence-corrected chi connectivity index (χ2v) is 21.7. The zero-order valence-corrected chi connectivity index (χ0v) is 44.1. The summed E-state index contributed by atoms with van der Waals surface area (Å²) >= 11 is 1.44. The smallest absolute Gasteiger partial charge is 0.270 e. The zero-order valence-electron chi connectivity index (χ0n) is 42.5. The van der Waals surface area contributed by atoms with Crippen molar-refractivity contribution in [3.63, 3.8) is 0 Å². The molecule has 0 aliphatic carbocycles. The highest BCUT2D eigenvalue weighted by molar-refractivity contribution is 7.99. The maximum absolute atomic E-state index is 15.7. The van der Waals surface area contributed by atoms with Crippen molar-refractivity contribution in [2.75, 3.05) is 61.0 Å². The number of piperidine rings is 3. The van der Waals surface area contributed by atoms with Gasteiger partial charge in [0.05, 0.1) is 30.8 Å². The first-order valence-corrected chi connectivity index (χ1v) is 26.8. The van der Waals surface area contributed by atoms with Crippen LogP contribution in [0.15, 0.2) is 101 Å². The lowest BCUT2D eigenvalue weighted by Gasteiger charge is -2.41. The number of anilines is 3. The third-order valence-corrected chi connectivity index (χ3v) is 17.0. The number of rotatable bonds is 12. The van der Waals surface area contributed by atoms with Gasteiger partial charge in [0.1, 0.15) is 28.4 Å². The summed E-state index contributed by atoms with van der Waals surface area (Å²) in [6.45, 7) is 7.39. The van der Waals surface area contributed by atoms with Crippen molar-refractivity contribution in [3.05, 3.63) is 137 Å². The van der Waals surface area contributed by atoms with Gasteiger partial charge in [-0.3, -0.25) is 34.2 Å². The number of pyridine rings is 1. The third kappa shape index (κ3) is 11.3. The van der Waals surface area contributed by atoms with Gasteiger partial charge in [0.25, 0.3) is 17.7 Å². The molecule has 0 saturated carbocycles. The second kappa shape index (κ2) is 22.6. The Balaban J connectivity index is 0.00000672. The number of carbonyl (C=O) groups is 5. The number of benzene rings is 3. The summed E-state index contributed by atoms with van der Waals surface area (Å²) in [5, 5.41) is 8.72. The lowest BCUT2D eigenvalue weighted by Crippen LogP contribution is -2.52. The summed E-state index contributed by atoms with van der Waals surface area (Å²) in [5.41, 5.74) is 10.8. The topological polar surface area (TPSA) is 208 Å². The molecule has 77 heavy (non-hydrogen) atoms. The van der Waals surface area contributed by atoms with Gasteiger partial charge in [-0.25, -0.2) is 19.3 Å². The van der Waals surface area contributed by atoms with Crippen LogP contribution < -0.4 is 31.5 Å². The minimum Gasteiger partial charge on any atom is -0.376 e. The number of nitrogens with one attached hydrogen (secondary N) is 3. The number of imide groups is 1. The Morgan fingerprint density at radius 2 is 1.69 bits per heavy atom. The molecule has 17 nitrogen and oxygen atoms in total. The van der Waals surface area contributed by atoms with Crippen LogP contribution in [0.2, 0.25) is 0 Å². The first kappa shape index (κ1) is 53.6. The van der Waals surface area contributed by atoms with Crippen LogP contribution >= 0.6 is 24.2 Å². The molecule has 1 unspecified atom stereocenters. The van der Waals surface area contributed by atoms with Gasteiger partial charge in [-0.05, 0) is 117 Å². The predicted molar refractivity (Wildman–Crippen MR) is 289 cm³/mol. The average molecular weight is 1090 g/mol. The molecule has 1 spiro atoms. The number of aromatic nitrogens is 3. The molecule has 6 aliphatic rings. The Hall–Kier alpha value is -6.84. The van der Waals surface area contributed by atoms with Crippen LogP contribution in [0.4, 0.5) is 26.0 Å². The number of fused-ring (bicyclic) bond motifs is 1. The maximum Gasteiger partial charge on any atom is 0.270 e. The molecule has 5 aromatic rings. The van der Waals surface area contributed by atoms with E-state index in [1.807, 2.05) is 36.1 Å². The number of hydrogen-bond acceptors (Lipinski definition) is 14. The van der Waals surface area contributed by atoms with Crippen molar-refractivity contribution in [1.82, 2.24) is 35.4 Å². The average Bonchev–Trinajstić information content (AvgIpc) is 3.91. The molecule has 2 aromatic heterocycles. The van der Waals surface area contributed by atoms with E-state index in [1.165, 1.54) is 28.8 Å². The molecular weight excluding hydrogens is 1030 g/mol. The summed E-state index contributed by atoms with van der Waals surface area (Å²) in [6, 6.07) is 19.9. The Labute approximate surface area is 455 Å². The van der Waals surface area contributed by atoms with Gasteiger partial charge >= 0.3 is 0 Å². The van der Waals surface area contributed by atoms with Gasteiger partial charge < -0.3 is 35.8 Å². The molecule has 3 atom stereocenters. The van der Waals surface area contributed by atoms with Crippen molar-refractivity contribution in [3.8, 4) is 0 Å². The molecule has 8 heterocycles. The molecule has 3 aromatic carbocycles. The summed E-state index contributed by atoms with van der Waals surface area (Å²) in [5.74, 6) is -2.44. The first-order valence-electron chi connectivity index (χ1n) is 26.0. The lowest BCUT2D eigenvalue weighted by atomic mass is 9.73. The van der Waals surface area contributed by atoms with Gasteiger partial charge in [0, 0.05) is 104 Å². The van der Waals surface area contributed by atoms with Crippen molar-refractivity contribution < 1.29 is 37.5 Å². The Morgan fingerprint density at radius 3 is 2.39 bits per heavy atom. The van der Waals surface area contributed by atoms with E-state index in [0.717, 1.165) is 65.6 Å². The molecule has 4 saturated heterocycles. The van der Waals surface area contributed by atoms with Crippen molar-refractivity contribution in [1.29, 1.82) is 0 Å². The van der Waals surface area contributed by atoms with E-state index in [9.17, 15) is 24.0 Å². The molecule has 4 fully saturated rings. The number of amides is 5. The van der Waals surface area contributed by atoms with Gasteiger partial charge in [-0.15, -0.1) is 12.4 Å². The predicted octanol–water partition coefficient (Wildman–Crippen LogP) is 6.76. The fraction of sp³-hybridized carbons (Fsp3) is 0.393. The third-order valence-electron chi connectivity index (χ3n) is 16.1. The van der Waals surface area contributed by atoms with E-state index in [0.29, 0.717) is 67.3 Å². The number of nitrogens with zero attached hydrogens (tertiary/aromatic N) is 7. The number of ether oxygens (including phenoxy) is 1. The standard InChI is InChI=1S/C56H59F2N11O6S.ClH/c1-33-50(59)56(32-75-33)17-23-68(24-18-56)47-29-61-49(30-60-47)76-40-4-2-3-38(27-40)63-52(71)36-6-10-45(43(57)26-36)67-21-15-39(16-22-67)66-19-13-35(14-20-66)41-8-9-44(64-51(41)58)53(72)62-28-34-5-7-42-37(25-34)31-69(55(42)74)46-11-12-48(70)65-54(46)73;/h2-10,13,25-27,29-30,33,39,46,50H,11-12,14-24,28,31-32,59H2,1H3,(H,62,72)(H,63,71)(H,65,70,73);1H/t33-,46?,50+;/m0./s1. The van der Waals surface area contributed by atoms with Crippen molar-refractivity contribution in [2.24, 2.45) is 11.1 Å².